The largest absolute Gasteiger partial charge is 0.492 e. The van der Waals surface area contributed by atoms with Crippen molar-refractivity contribution in [2.24, 2.45) is 0 Å². The van der Waals surface area contributed by atoms with E-state index in [4.69, 9.17) is 21.1 Å². The first-order chi connectivity index (χ1) is 12.5. The molecule has 1 heterocycles. The van der Waals surface area contributed by atoms with Gasteiger partial charge in [0.25, 0.3) is 0 Å². The summed E-state index contributed by atoms with van der Waals surface area (Å²) in [5.74, 6) is 0.826. The molecule has 0 amide bonds. The molecular weight excluding hydrogens is 374 g/mol. The Bertz CT molecular complexity index is 852. The maximum atomic E-state index is 12.2. The number of halogens is 1. The van der Waals surface area contributed by atoms with Crippen molar-refractivity contribution < 1.29 is 17.9 Å². The molecule has 7 heteroatoms. The molecule has 0 saturated carbocycles. The van der Waals surface area contributed by atoms with Crippen LogP contribution in [0.4, 0.5) is 0 Å². The third-order valence-electron chi connectivity index (χ3n) is 4.28. The molecule has 2 aromatic carbocycles. The Morgan fingerprint density at radius 1 is 1.12 bits per heavy atom. The summed E-state index contributed by atoms with van der Waals surface area (Å²) in [5.41, 5.74) is 2.90. The molecular formula is C19H22ClNO4S. The highest BCUT2D eigenvalue weighted by atomic mass is 35.5. The van der Waals surface area contributed by atoms with Crippen molar-refractivity contribution in [3.63, 3.8) is 0 Å². The molecule has 2 aromatic rings. The van der Waals surface area contributed by atoms with Gasteiger partial charge in [0.2, 0.25) is 10.0 Å². The van der Waals surface area contributed by atoms with E-state index in [0.29, 0.717) is 37.9 Å². The first-order valence-corrected chi connectivity index (χ1v) is 10.5. The van der Waals surface area contributed by atoms with Gasteiger partial charge in [0.05, 0.1) is 19.0 Å². The lowest BCUT2D eigenvalue weighted by atomic mass is 10.1. The van der Waals surface area contributed by atoms with E-state index in [2.05, 4.69) is 0 Å². The van der Waals surface area contributed by atoms with Gasteiger partial charge < -0.3 is 9.47 Å². The van der Waals surface area contributed by atoms with Crippen molar-refractivity contribution in [2.75, 3.05) is 18.9 Å². The minimum Gasteiger partial charge on any atom is -0.492 e. The van der Waals surface area contributed by atoms with Crippen molar-refractivity contribution in [2.45, 2.75) is 26.7 Å². The first kappa shape index (κ1) is 19.2. The van der Waals surface area contributed by atoms with Crippen molar-refractivity contribution >= 4 is 21.6 Å². The highest BCUT2D eigenvalue weighted by molar-refractivity contribution is 7.89. The van der Waals surface area contributed by atoms with Crippen LogP contribution in [0.25, 0.3) is 0 Å². The van der Waals surface area contributed by atoms with Gasteiger partial charge in [0.1, 0.15) is 12.4 Å². The Kier molecular flexibility index (Phi) is 6.19. The summed E-state index contributed by atoms with van der Waals surface area (Å²) < 4.78 is 37.3. The number of sulfonamides is 1. The smallest absolute Gasteiger partial charge is 0.214 e. The summed E-state index contributed by atoms with van der Waals surface area (Å²) in [4.78, 5) is 0. The zero-order valence-electron chi connectivity index (χ0n) is 14.7. The van der Waals surface area contributed by atoms with E-state index in [0.717, 1.165) is 22.4 Å². The fraction of sp³-hybridized carbons (Fsp3) is 0.368. The van der Waals surface area contributed by atoms with Crippen LogP contribution in [0.15, 0.2) is 42.5 Å². The van der Waals surface area contributed by atoms with Gasteiger partial charge >= 0.3 is 0 Å². The molecule has 1 aliphatic rings. The fourth-order valence-electron chi connectivity index (χ4n) is 2.80. The van der Waals surface area contributed by atoms with Crippen LogP contribution in [0.3, 0.4) is 0 Å². The lowest BCUT2D eigenvalue weighted by Crippen LogP contribution is -2.33. The number of nitrogens with zero attached hydrogens (tertiary/aromatic N) is 1. The quantitative estimate of drug-likeness (QED) is 0.749. The van der Waals surface area contributed by atoms with E-state index >= 15 is 0 Å². The zero-order chi connectivity index (χ0) is 18.6. The number of fused-ring (bicyclic) bond motifs is 1. The second-order valence-corrected chi connectivity index (χ2v) is 8.84. The number of hydrogen-bond donors (Lipinski definition) is 0. The summed E-state index contributed by atoms with van der Waals surface area (Å²) in [6, 6.07) is 13.3. The van der Waals surface area contributed by atoms with Gasteiger partial charge in [-0.2, -0.15) is 4.31 Å². The van der Waals surface area contributed by atoms with E-state index in [-0.39, 0.29) is 5.75 Å². The van der Waals surface area contributed by atoms with E-state index in [1.165, 1.54) is 4.31 Å². The second-order valence-electron chi connectivity index (χ2n) is 6.14. The summed E-state index contributed by atoms with van der Waals surface area (Å²) in [5, 5.41) is 0.700. The number of ether oxygens (including phenoxy) is 2. The van der Waals surface area contributed by atoms with Gasteiger partial charge in [-0.05, 0) is 42.3 Å². The molecule has 0 atom stereocenters. The van der Waals surface area contributed by atoms with Crippen LogP contribution in [0.1, 0.15) is 23.6 Å². The maximum Gasteiger partial charge on any atom is 0.214 e. The van der Waals surface area contributed by atoms with Crippen LogP contribution >= 0.6 is 11.6 Å². The monoisotopic (exact) mass is 395 g/mol. The number of hydrogen-bond acceptors (Lipinski definition) is 4. The van der Waals surface area contributed by atoms with Crippen LogP contribution in [0.5, 0.6) is 5.75 Å². The van der Waals surface area contributed by atoms with Crippen LogP contribution < -0.4 is 4.74 Å². The lowest BCUT2D eigenvalue weighted by molar-refractivity contribution is 0.107. The number of rotatable bonds is 6. The summed E-state index contributed by atoms with van der Waals surface area (Å²) in [6.45, 7) is 3.64. The molecule has 26 heavy (non-hydrogen) atoms. The Balaban J connectivity index is 1.66. The average Bonchev–Trinajstić information content (AvgIpc) is 2.86. The molecule has 0 unspecified atom stereocenters. The highest BCUT2D eigenvalue weighted by Gasteiger charge is 2.24. The van der Waals surface area contributed by atoms with E-state index in [1.807, 2.05) is 42.5 Å². The summed E-state index contributed by atoms with van der Waals surface area (Å²) in [6.07, 6.45) is 0. The molecule has 0 saturated heterocycles. The molecule has 0 N–H and O–H groups in total. The van der Waals surface area contributed by atoms with E-state index < -0.39 is 10.0 Å². The molecule has 3 rings (SSSR count). The van der Waals surface area contributed by atoms with Crippen molar-refractivity contribution in [3.8, 4) is 5.75 Å². The summed E-state index contributed by atoms with van der Waals surface area (Å²) >= 11 is 5.88. The molecule has 5 nitrogen and oxygen atoms in total. The standard InChI is InChI=1S/C19H22ClNO4S/c1-2-26(22,23)21-9-10-25-19-8-5-16(11-17(19)12-21)14-24-13-15-3-6-18(20)7-4-15/h3-8,11H,2,9-10,12-14H2,1H3. The lowest BCUT2D eigenvalue weighted by Gasteiger charge is -2.18. The molecule has 1 aliphatic heterocycles. The van der Waals surface area contributed by atoms with Crippen LogP contribution in [-0.2, 0) is 34.5 Å². The van der Waals surface area contributed by atoms with Gasteiger partial charge in [0, 0.05) is 23.7 Å². The SMILES string of the molecule is CCS(=O)(=O)N1CCOc2ccc(COCc3ccc(Cl)cc3)cc2C1. The molecule has 0 aliphatic carbocycles. The minimum absolute atomic E-state index is 0.0895. The molecule has 0 bridgehead atoms. The van der Waals surface area contributed by atoms with Gasteiger partial charge in [-0.3, -0.25) is 0 Å². The van der Waals surface area contributed by atoms with Crippen molar-refractivity contribution in [3.05, 3.63) is 64.2 Å². The third-order valence-corrected chi connectivity index (χ3v) is 6.36. The fourth-order valence-corrected chi connectivity index (χ4v) is 3.98. The van der Waals surface area contributed by atoms with E-state index in [9.17, 15) is 8.42 Å². The van der Waals surface area contributed by atoms with Crippen molar-refractivity contribution in [1.82, 2.24) is 4.31 Å². The van der Waals surface area contributed by atoms with Gasteiger partial charge in [-0.25, -0.2) is 8.42 Å². The Labute approximate surface area is 159 Å². The molecule has 0 aromatic heterocycles. The third kappa shape index (κ3) is 4.76. The second kappa shape index (κ2) is 8.39. The average molecular weight is 396 g/mol. The van der Waals surface area contributed by atoms with Gasteiger partial charge in [0.15, 0.2) is 0 Å². The molecule has 140 valence electrons. The predicted octanol–water partition coefficient (Wildman–Crippen LogP) is 3.60. The van der Waals surface area contributed by atoms with Crippen LogP contribution in [0.2, 0.25) is 5.02 Å². The van der Waals surface area contributed by atoms with Gasteiger partial charge in [-0.1, -0.05) is 29.8 Å². The molecule has 0 fully saturated rings. The predicted molar refractivity (Wildman–Crippen MR) is 102 cm³/mol. The van der Waals surface area contributed by atoms with Crippen LogP contribution in [0, 0.1) is 0 Å². The maximum absolute atomic E-state index is 12.2. The van der Waals surface area contributed by atoms with E-state index in [1.54, 1.807) is 6.92 Å². The highest BCUT2D eigenvalue weighted by Crippen LogP contribution is 2.26. The minimum atomic E-state index is -3.25. The zero-order valence-corrected chi connectivity index (χ0v) is 16.2. The van der Waals surface area contributed by atoms with Crippen LogP contribution in [-0.4, -0.2) is 31.6 Å². The summed E-state index contributed by atoms with van der Waals surface area (Å²) in [7, 11) is -3.25. The molecule has 0 spiro atoms. The topological polar surface area (TPSA) is 55.8 Å². The Morgan fingerprint density at radius 3 is 2.54 bits per heavy atom. The Hall–Kier alpha value is -1.60. The Morgan fingerprint density at radius 2 is 1.81 bits per heavy atom. The van der Waals surface area contributed by atoms with Crippen molar-refractivity contribution in [1.29, 1.82) is 0 Å². The first-order valence-electron chi connectivity index (χ1n) is 8.52. The normalized spacial score (nSPS) is 15.2. The number of benzene rings is 2. The molecule has 0 radical (unpaired) electrons. The van der Waals surface area contributed by atoms with Gasteiger partial charge in [-0.15, -0.1) is 0 Å².